The van der Waals surface area contributed by atoms with Gasteiger partial charge in [0.2, 0.25) is 10.3 Å². The molecule has 26 heavy (non-hydrogen) atoms. The zero-order chi connectivity index (χ0) is 17.6. The lowest BCUT2D eigenvalue weighted by molar-refractivity contribution is 0.515. The Morgan fingerprint density at radius 3 is 1.46 bits per heavy atom. The molecule has 2 aromatic rings. The maximum atomic E-state index is 4.67. The smallest absolute Gasteiger partial charge is 0.209 e. The second-order valence-corrected chi connectivity index (χ2v) is 9.54. The minimum absolute atomic E-state index is 0.613. The monoisotopic (exact) mass is 388 g/mol. The Balaban J connectivity index is 1.46. The van der Waals surface area contributed by atoms with Gasteiger partial charge in [-0.05, 0) is 25.7 Å². The quantitative estimate of drug-likeness (QED) is 0.737. The highest BCUT2D eigenvalue weighted by Crippen LogP contribution is 2.33. The third kappa shape index (κ3) is 4.91. The molecule has 2 aromatic heterocycles. The van der Waals surface area contributed by atoms with Crippen molar-refractivity contribution >= 4 is 23.5 Å². The van der Waals surface area contributed by atoms with E-state index in [1.807, 2.05) is 0 Å². The first-order chi connectivity index (χ1) is 12.9. The maximum absolute atomic E-state index is 4.67. The van der Waals surface area contributed by atoms with E-state index < -0.39 is 0 Å². The van der Waals surface area contributed by atoms with Crippen LogP contribution in [0.15, 0.2) is 22.7 Å². The topological polar surface area (TPSA) is 77.3 Å². The molecule has 0 spiro atoms. The van der Waals surface area contributed by atoms with Crippen LogP contribution in [0, 0.1) is 0 Å². The molecule has 0 atom stereocenters. The second-order valence-electron chi connectivity index (χ2n) is 7.00. The van der Waals surface area contributed by atoms with E-state index in [-0.39, 0.29) is 0 Å². The molecule has 2 aliphatic rings. The summed E-state index contributed by atoms with van der Waals surface area (Å²) in [6.07, 6.45) is 16.3. The fourth-order valence-electron chi connectivity index (χ4n) is 3.59. The molecule has 0 radical (unpaired) electrons. The number of hydrogen-bond acceptors (Lipinski definition) is 8. The van der Waals surface area contributed by atoms with Crippen LogP contribution in [0.25, 0.3) is 11.4 Å². The summed E-state index contributed by atoms with van der Waals surface area (Å²) in [5.74, 6) is 0. The Bertz CT molecular complexity index is 655. The van der Waals surface area contributed by atoms with Crippen LogP contribution in [0.4, 0.5) is 0 Å². The van der Waals surface area contributed by atoms with Gasteiger partial charge in [-0.15, -0.1) is 10.2 Å². The highest BCUT2D eigenvalue weighted by Gasteiger charge is 2.19. The Kier molecular flexibility index (Phi) is 6.32. The van der Waals surface area contributed by atoms with Gasteiger partial charge in [-0.25, -0.2) is 9.97 Å². The van der Waals surface area contributed by atoms with Crippen LogP contribution in [0.1, 0.15) is 64.2 Å². The summed E-state index contributed by atoms with van der Waals surface area (Å²) < 4.78 is 0. The van der Waals surface area contributed by atoms with Crippen LogP contribution in [-0.4, -0.2) is 40.9 Å². The van der Waals surface area contributed by atoms with Gasteiger partial charge in [-0.1, -0.05) is 62.0 Å². The average molecular weight is 389 g/mol. The van der Waals surface area contributed by atoms with Crippen LogP contribution >= 0.6 is 23.5 Å². The number of thioether (sulfide) groups is 2. The Morgan fingerprint density at radius 2 is 1.04 bits per heavy atom. The molecule has 0 saturated heterocycles. The molecule has 0 bridgehead atoms. The lowest BCUT2D eigenvalue weighted by Crippen LogP contribution is -2.10. The van der Waals surface area contributed by atoms with E-state index in [0.717, 1.165) is 21.7 Å². The number of aromatic nitrogens is 6. The molecule has 0 N–H and O–H groups in total. The Morgan fingerprint density at radius 1 is 0.615 bits per heavy atom. The van der Waals surface area contributed by atoms with Gasteiger partial charge in [0.05, 0.1) is 12.4 Å². The Labute approximate surface area is 162 Å². The molecule has 0 aliphatic heterocycles. The molecule has 2 heterocycles. The minimum Gasteiger partial charge on any atom is -0.218 e. The molecule has 6 nitrogen and oxygen atoms in total. The third-order valence-electron chi connectivity index (χ3n) is 4.99. The molecule has 2 aliphatic carbocycles. The largest absolute Gasteiger partial charge is 0.218 e. The molecule has 4 rings (SSSR count). The van der Waals surface area contributed by atoms with Crippen molar-refractivity contribution in [3.05, 3.63) is 12.4 Å². The molecule has 2 saturated carbocycles. The molecule has 8 heteroatoms. The highest BCUT2D eigenvalue weighted by atomic mass is 32.2. The van der Waals surface area contributed by atoms with Crippen LogP contribution in [0.5, 0.6) is 0 Å². The molecule has 2 fully saturated rings. The number of hydrogen-bond donors (Lipinski definition) is 0. The summed E-state index contributed by atoms with van der Waals surface area (Å²) in [5, 5.41) is 19.4. The van der Waals surface area contributed by atoms with Crippen LogP contribution in [0.2, 0.25) is 0 Å². The lowest BCUT2D eigenvalue weighted by atomic mass is 10.0. The van der Waals surface area contributed by atoms with Gasteiger partial charge in [-0.3, -0.25) is 0 Å². The normalized spacial score (nSPS) is 19.5. The third-order valence-corrected chi connectivity index (χ3v) is 7.37. The van der Waals surface area contributed by atoms with Crippen molar-refractivity contribution < 1.29 is 0 Å². The maximum Gasteiger partial charge on any atom is 0.209 e. The zero-order valence-corrected chi connectivity index (χ0v) is 16.5. The van der Waals surface area contributed by atoms with Crippen LogP contribution in [-0.2, 0) is 0 Å². The van der Waals surface area contributed by atoms with Crippen molar-refractivity contribution in [2.75, 3.05) is 0 Å². The van der Waals surface area contributed by atoms with Crippen molar-refractivity contribution in [1.29, 1.82) is 0 Å². The van der Waals surface area contributed by atoms with Gasteiger partial charge in [0.15, 0.2) is 0 Å². The fourth-order valence-corrected chi connectivity index (χ4v) is 5.81. The standard InChI is InChI=1S/C18H24N6S2/c1-3-7-13(8-4-1)25-17-21-15(11-19-23-17)16-12-20-24-18(22-16)26-14-9-5-2-6-10-14/h11-14H,1-10H2. The van der Waals surface area contributed by atoms with Gasteiger partial charge in [0.1, 0.15) is 11.4 Å². The van der Waals surface area contributed by atoms with E-state index in [2.05, 4.69) is 30.4 Å². The molecule has 138 valence electrons. The van der Waals surface area contributed by atoms with Gasteiger partial charge >= 0.3 is 0 Å². The van der Waals surface area contributed by atoms with Gasteiger partial charge in [0.25, 0.3) is 0 Å². The van der Waals surface area contributed by atoms with Crippen molar-refractivity contribution in [2.24, 2.45) is 0 Å². The second kappa shape index (κ2) is 9.08. The number of nitrogens with zero attached hydrogens (tertiary/aromatic N) is 6. The van der Waals surface area contributed by atoms with E-state index >= 15 is 0 Å². The van der Waals surface area contributed by atoms with Gasteiger partial charge in [-0.2, -0.15) is 10.2 Å². The van der Waals surface area contributed by atoms with Crippen LogP contribution < -0.4 is 0 Å². The lowest BCUT2D eigenvalue weighted by Gasteiger charge is -2.20. The molecule has 0 aromatic carbocycles. The fraction of sp³-hybridized carbons (Fsp3) is 0.667. The summed E-state index contributed by atoms with van der Waals surface area (Å²) >= 11 is 3.50. The molecular weight excluding hydrogens is 364 g/mol. The van der Waals surface area contributed by atoms with Gasteiger partial charge in [0, 0.05) is 10.5 Å². The minimum atomic E-state index is 0.613. The van der Waals surface area contributed by atoms with Crippen molar-refractivity contribution in [1.82, 2.24) is 30.4 Å². The highest BCUT2D eigenvalue weighted by molar-refractivity contribution is 8.00. The van der Waals surface area contributed by atoms with E-state index in [4.69, 9.17) is 0 Å². The SMILES string of the molecule is c1nnc(SC2CCCCC2)nc1-c1cnnc(SC2CCCCC2)n1. The number of rotatable bonds is 5. The first-order valence-electron chi connectivity index (χ1n) is 9.60. The van der Waals surface area contributed by atoms with E-state index in [0.29, 0.717) is 10.5 Å². The first-order valence-corrected chi connectivity index (χ1v) is 11.4. The molecular formula is C18H24N6S2. The van der Waals surface area contributed by atoms with E-state index in [1.54, 1.807) is 35.9 Å². The van der Waals surface area contributed by atoms with Crippen LogP contribution in [0.3, 0.4) is 0 Å². The van der Waals surface area contributed by atoms with Crippen molar-refractivity contribution in [2.45, 2.75) is 85.0 Å². The average Bonchev–Trinajstić information content (AvgIpc) is 2.70. The van der Waals surface area contributed by atoms with Crippen molar-refractivity contribution in [3.8, 4) is 11.4 Å². The molecule has 0 amide bonds. The van der Waals surface area contributed by atoms with Crippen molar-refractivity contribution in [3.63, 3.8) is 0 Å². The summed E-state index contributed by atoms with van der Waals surface area (Å²) in [6, 6.07) is 0. The predicted molar refractivity (Wildman–Crippen MR) is 104 cm³/mol. The molecule has 0 unspecified atom stereocenters. The van der Waals surface area contributed by atoms with E-state index in [1.165, 1.54) is 64.2 Å². The first kappa shape index (κ1) is 18.1. The zero-order valence-electron chi connectivity index (χ0n) is 14.9. The summed E-state index contributed by atoms with van der Waals surface area (Å²) in [7, 11) is 0. The van der Waals surface area contributed by atoms with E-state index in [9.17, 15) is 0 Å². The van der Waals surface area contributed by atoms with Gasteiger partial charge < -0.3 is 0 Å². The predicted octanol–water partition coefficient (Wildman–Crippen LogP) is 4.57. The summed E-state index contributed by atoms with van der Waals surface area (Å²) in [4.78, 5) is 9.35. The Hall–Kier alpha value is -1.28. The summed E-state index contributed by atoms with van der Waals surface area (Å²) in [6.45, 7) is 0. The summed E-state index contributed by atoms with van der Waals surface area (Å²) in [5.41, 5.74) is 1.47.